The lowest BCUT2D eigenvalue weighted by Crippen LogP contribution is -2.44. The van der Waals surface area contributed by atoms with Crippen LogP contribution in [0, 0.1) is 5.92 Å². The Labute approximate surface area is 52.0 Å². The van der Waals surface area contributed by atoms with Crippen molar-refractivity contribution in [2.45, 2.75) is 0 Å². The van der Waals surface area contributed by atoms with E-state index in [0.717, 1.165) is 25.6 Å². The highest BCUT2D eigenvalue weighted by Crippen LogP contribution is 2.00. The van der Waals surface area contributed by atoms with E-state index >= 15 is 0 Å². The van der Waals surface area contributed by atoms with Gasteiger partial charge in [0.15, 0.2) is 0 Å². The summed E-state index contributed by atoms with van der Waals surface area (Å²) in [5.74, 6) is 0.775. The average Bonchev–Trinajstić information content (AvgIpc) is 1.55. The number of hydrogen-bond acceptors (Lipinski definition) is 2. The molecule has 2 nitrogen and oxygen atoms in total. The molecule has 0 bridgehead atoms. The van der Waals surface area contributed by atoms with Crippen molar-refractivity contribution >= 4 is 16.6 Å². The first-order chi connectivity index (χ1) is 3.43. The van der Waals surface area contributed by atoms with Crippen molar-refractivity contribution in [1.29, 1.82) is 0 Å². The highest BCUT2D eigenvalue weighted by molar-refractivity contribution is 5.97. The lowest BCUT2D eigenvalue weighted by atomic mass is 10.1. The zero-order valence-corrected chi connectivity index (χ0v) is 5.34. The summed E-state index contributed by atoms with van der Waals surface area (Å²) >= 11 is 2.26. The van der Waals surface area contributed by atoms with Crippen LogP contribution in [-0.2, 0) is 3.79 Å². The summed E-state index contributed by atoms with van der Waals surface area (Å²) in [7, 11) is 0. The van der Waals surface area contributed by atoms with Crippen LogP contribution in [0.2, 0.25) is 0 Å². The smallest absolute Gasteiger partial charge is 0.369 e. The first-order valence-electron chi connectivity index (χ1n) is 2.46. The van der Waals surface area contributed by atoms with Crippen LogP contribution in [-0.4, -0.2) is 36.3 Å². The Morgan fingerprint density at radius 1 is 1.71 bits per heavy atom. The standard InChI is InChI=1S/C4H8NO.Al/c6-3-4-1-5-2-4;/h4-5H,1-3H2;/q-1;+1. The molecule has 2 radical (unpaired) electrons. The Balaban J connectivity index is 1.93. The molecule has 0 saturated carbocycles. The third kappa shape index (κ3) is 1.43. The lowest BCUT2D eigenvalue weighted by Gasteiger charge is -2.26. The quantitative estimate of drug-likeness (QED) is 0.478. The summed E-state index contributed by atoms with van der Waals surface area (Å²) in [6.07, 6.45) is 0. The van der Waals surface area contributed by atoms with Crippen molar-refractivity contribution in [3.05, 3.63) is 0 Å². The van der Waals surface area contributed by atoms with Crippen molar-refractivity contribution in [2.75, 3.05) is 19.7 Å². The molecule has 0 aromatic rings. The fraction of sp³-hybridized carbons (Fsp3) is 1.00. The van der Waals surface area contributed by atoms with Crippen molar-refractivity contribution in [1.82, 2.24) is 5.32 Å². The van der Waals surface area contributed by atoms with Gasteiger partial charge in [0.2, 0.25) is 0 Å². The highest BCUT2D eigenvalue weighted by Gasteiger charge is 2.14. The summed E-state index contributed by atoms with van der Waals surface area (Å²) in [4.78, 5) is 0. The Morgan fingerprint density at radius 2 is 2.43 bits per heavy atom. The van der Waals surface area contributed by atoms with Crippen LogP contribution in [0.25, 0.3) is 0 Å². The Hall–Kier alpha value is 0.452. The van der Waals surface area contributed by atoms with Crippen molar-refractivity contribution in [2.24, 2.45) is 5.92 Å². The molecule has 3 heteroatoms. The second-order valence-electron chi connectivity index (χ2n) is 1.86. The second-order valence-corrected chi connectivity index (χ2v) is 2.19. The topological polar surface area (TPSA) is 21.3 Å². The average molecular weight is 113 g/mol. The number of rotatable bonds is 2. The molecule has 1 fully saturated rings. The van der Waals surface area contributed by atoms with E-state index in [1.165, 1.54) is 0 Å². The van der Waals surface area contributed by atoms with E-state index in [0.29, 0.717) is 0 Å². The van der Waals surface area contributed by atoms with Crippen molar-refractivity contribution in [3.63, 3.8) is 0 Å². The van der Waals surface area contributed by atoms with Gasteiger partial charge in [-0.05, 0) is 0 Å². The lowest BCUT2D eigenvalue weighted by molar-refractivity contribution is 0.212. The summed E-state index contributed by atoms with van der Waals surface area (Å²) < 4.78 is 4.82. The molecule has 0 atom stereocenters. The number of nitrogens with one attached hydrogen (secondary N) is 1. The van der Waals surface area contributed by atoms with E-state index in [2.05, 4.69) is 21.9 Å². The molecule has 1 aliphatic heterocycles. The molecule has 0 aromatic heterocycles. The maximum absolute atomic E-state index is 4.82. The van der Waals surface area contributed by atoms with Crippen LogP contribution >= 0.6 is 0 Å². The van der Waals surface area contributed by atoms with Crippen LogP contribution < -0.4 is 5.32 Å². The van der Waals surface area contributed by atoms with Gasteiger partial charge in [-0.2, -0.15) is 0 Å². The molecule has 0 aliphatic carbocycles. The van der Waals surface area contributed by atoms with Gasteiger partial charge in [-0.3, -0.25) is 0 Å². The highest BCUT2D eigenvalue weighted by atomic mass is 27.1. The van der Waals surface area contributed by atoms with Gasteiger partial charge in [-0.25, -0.2) is 0 Å². The summed E-state index contributed by atoms with van der Waals surface area (Å²) in [6, 6.07) is 0. The van der Waals surface area contributed by atoms with Gasteiger partial charge in [0.25, 0.3) is 0 Å². The molecule has 0 unspecified atom stereocenters. The minimum atomic E-state index is 0.775. The third-order valence-corrected chi connectivity index (χ3v) is 1.39. The molecule has 0 amide bonds. The molecule has 1 aliphatic rings. The van der Waals surface area contributed by atoms with E-state index in [1.807, 2.05) is 0 Å². The Bertz CT molecular complexity index is 55.7. The van der Waals surface area contributed by atoms with Crippen LogP contribution in [0.1, 0.15) is 0 Å². The minimum Gasteiger partial charge on any atom is -0.516 e. The molecule has 0 aromatic carbocycles. The predicted molar refractivity (Wildman–Crippen MR) is 28.1 cm³/mol. The fourth-order valence-corrected chi connectivity index (χ4v) is 0.875. The Morgan fingerprint density at radius 3 is 2.57 bits per heavy atom. The molecule has 7 heavy (non-hydrogen) atoms. The van der Waals surface area contributed by atoms with Crippen LogP contribution in [0.5, 0.6) is 0 Å². The summed E-state index contributed by atoms with van der Waals surface area (Å²) in [5, 5.41) is 3.16. The van der Waals surface area contributed by atoms with E-state index in [1.54, 1.807) is 0 Å². The van der Waals surface area contributed by atoms with Gasteiger partial charge in [-0.1, -0.05) is 0 Å². The van der Waals surface area contributed by atoms with Crippen LogP contribution in [0.3, 0.4) is 0 Å². The molecular formula is C4H8AlNO. The van der Waals surface area contributed by atoms with Gasteiger partial charge < -0.3 is 9.11 Å². The van der Waals surface area contributed by atoms with Gasteiger partial charge in [0.1, 0.15) is 0 Å². The van der Waals surface area contributed by atoms with Crippen LogP contribution in [0.4, 0.5) is 0 Å². The summed E-state index contributed by atoms with van der Waals surface area (Å²) in [5.41, 5.74) is 0. The molecule has 1 saturated heterocycles. The molecule has 1 heterocycles. The zero-order chi connectivity index (χ0) is 5.11. The van der Waals surface area contributed by atoms with Gasteiger partial charge in [0, 0.05) is 25.6 Å². The molecule has 1 N–H and O–H groups in total. The van der Waals surface area contributed by atoms with E-state index in [4.69, 9.17) is 3.79 Å². The fourth-order valence-electron chi connectivity index (χ4n) is 0.602. The van der Waals surface area contributed by atoms with Crippen LogP contribution in [0.15, 0.2) is 0 Å². The largest absolute Gasteiger partial charge is 0.516 e. The molecular weight excluding hydrogens is 105 g/mol. The first-order valence-corrected chi connectivity index (χ1v) is 2.93. The second kappa shape index (κ2) is 2.69. The van der Waals surface area contributed by atoms with Gasteiger partial charge in [-0.15, -0.1) is 0 Å². The molecule has 0 spiro atoms. The van der Waals surface area contributed by atoms with E-state index < -0.39 is 0 Å². The zero-order valence-electron chi connectivity index (χ0n) is 4.18. The predicted octanol–water partition coefficient (Wildman–Crippen LogP) is -0.694. The van der Waals surface area contributed by atoms with Gasteiger partial charge >= 0.3 is 16.6 Å². The third-order valence-electron chi connectivity index (χ3n) is 1.20. The summed E-state index contributed by atoms with van der Waals surface area (Å²) in [6.45, 7) is 3.15. The first kappa shape index (κ1) is 5.59. The van der Waals surface area contributed by atoms with Gasteiger partial charge in [0.05, 0.1) is 0 Å². The molecule has 38 valence electrons. The minimum absolute atomic E-state index is 0.775. The monoisotopic (exact) mass is 113 g/mol. The van der Waals surface area contributed by atoms with E-state index in [9.17, 15) is 0 Å². The van der Waals surface area contributed by atoms with Crippen molar-refractivity contribution in [3.8, 4) is 0 Å². The maximum atomic E-state index is 4.82. The maximum Gasteiger partial charge on any atom is 0.369 e. The Kier molecular flexibility index (Phi) is 2.14. The van der Waals surface area contributed by atoms with E-state index in [-0.39, 0.29) is 0 Å². The SMILES string of the molecule is [Al][O]CC1CNC1. The molecule has 1 rings (SSSR count). The normalized spacial score (nSPS) is 21.7. The number of hydrogen-bond donors (Lipinski definition) is 1. The van der Waals surface area contributed by atoms with Crippen molar-refractivity contribution < 1.29 is 3.79 Å².